The number of esters is 9. The van der Waals surface area contributed by atoms with E-state index in [1.54, 1.807) is 123 Å². The van der Waals surface area contributed by atoms with Crippen molar-refractivity contribution in [2.75, 3.05) is 38.4 Å². The zero-order chi connectivity index (χ0) is 111. The van der Waals surface area contributed by atoms with Gasteiger partial charge in [-0.05, 0) is 215 Å². The molecule has 0 aromatic heterocycles. The summed E-state index contributed by atoms with van der Waals surface area (Å²) in [5.41, 5.74) is 1.85. The lowest BCUT2D eigenvalue weighted by atomic mass is 9.70. The van der Waals surface area contributed by atoms with Crippen molar-refractivity contribution in [3.63, 3.8) is 0 Å². The number of Topliss-reactive ketones (excluding diaryl/α,β-unsaturated/α-hetero) is 1. The molecule has 16 unspecified atom stereocenters. The van der Waals surface area contributed by atoms with Crippen molar-refractivity contribution in [2.45, 2.75) is 399 Å². The van der Waals surface area contributed by atoms with Gasteiger partial charge in [-0.25, -0.2) is 41.2 Å². The third-order valence-corrected chi connectivity index (χ3v) is 33.3. The van der Waals surface area contributed by atoms with Crippen LogP contribution in [0.15, 0.2) is 97.1 Å². The number of phenolic OH excluding ortho intramolecular Hbond substituents is 1. The maximum Gasteiger partial charge on any atom is 0.350 e. The second-order valence-corrected chi connectivity index (χ2v) is 59.1. The third-order valence-electron chi connectivity index (χ3n) is 29.1. The van der Waals surface area contributed by atoms with Gasteiger partial charge in [0.05, 0.1) is 71.5 Å². The number of alkyl halides is 4. The minimum atomic E-state index is -4.28. The number of amides is 1. The van der Waals surface area contributed by atoms with Crippen molar-refractivity contribution in [2.24, 2.45) is 43.8 Å². The number of aromatic hydroxyl groups is 1. The highest BCUT2D eigenvalue weighted by atomic mass is 32.2. The molecule has 6 heterocycles. The number of carbonyl (C=O) groups is 11. The molecular weight excluding hydrogens is 1960 g/mol. The molecule has 6 aliphatic heterocycles. The molecule has 147 heavy (non-hydrogen) atoms. The minimum Gasteiger partial charge on any atom is -0.508 e. The van der Waals surface area contributed by atoms with Crippen molar-refractivity contribution in [3.8, 4) is 5.75 Å². The molecule has 0 spiro atoms. The van der Waals surface area contributed by atoms with Gasteiger partial charge in [-0.3, -0.25) is 33.5 Å². The number of phenols is 1. The molecule has 826 valence electrons. The fraction of sp³-hybridized carbons (Fsp3) is 0.682. The number of rotatable bonds is 35. The predicted molar refractivity (Wildman–Crippen MR) is 549 cm³/mol. The Morgan fingerprint density at radius 1 is 0.531 bits per heavy atom. The van der Waals surface area contributed by atoms with Gasteiger partial charge in [0.25, 0.3) is 0 Å². The Bertz CT molecular complexity index is 5220. The Morgan fingerprint density at radius 2 is 1.01 bits per heavy atom. The van der Waals surface area contributed by atoms with Crippen LogP contribution in [0.25, 0.3) is 0 Å². The van der Waals surface area contributed by atoms with E-state index in [0.717, 1.165) is 25.7 Å². The van der Waals surface area contributed by atoms with Gasteiger partial charge in [0, 0.05) is 31.0 Å². The van der Waals surface area contributed by atoms with Gasteiger partial charge in [-0.1, -0.05) is 217 Å². The first-order valence-corrected chi connectivity index (χ1v) is 60.3. The summed E-state index contributed by atoms with van der Waals surface area (Å²) in [5.74, 6) is -9.46. The first-order chi connectivity index (χ1) is 67.8. The summed E-state index contributed by atoms with van der Waals surface area (Å²) in [4.78, 5) is 133. The van der Waals surface area contributed by atoms with E-state index in [9.17, 15) is 78.7 Å². The molecule has 8 fully saturated rings. The van der Waals surface area contributed by atoms with Crippen molar-refractivity contribution < 1.29 is 155 Å². The van der Waals surface area contributed by atoms with Gasteiger partial charge in [0.15, 0.2) is 62.3 Å². The van der Waals surface area contributed by atoms with Crippen molar-refractivity contribution >= 4 is 91.6 Å². The minimum absolute atomic E-state index is 0.0429. The number of hydrogen-bond donors (Lipinski definition) is 2. The number of halogens is 4. The smallest absolute Gasteiger partial charge is 0.350 e. The molecule has 8 aliphatic rings. The summed E-state index contributed by atoms with van der Waals surface area (Å²) in [7, 11) is -6.31. The number of sulfonamides is 1. The molecule has 12 rings (SSSR count). The lowest BCUT2D eigenvalue weighted by Gasteiger charge is -2.36. The molecule has 1 amide bonds. The van der Waals surface area contributed by atoms with Gasteiger partial charge in [0.2, 0.25) is 28.1 Å². The molecule has 4 aromatic rings. The van der Waals surface area contributed by atoms with Crippen LogP contribution < -0.4 is 4.72 Å². The molecular formula is C110H165F4NO29SSi2. The molecule has 6 saturated heterocycles. The van der Waals surface area contributed by atoms with Crippen molar-refractivity contribution in [3.05, 3.63) is 136 Å². The fourth-order valence-corrected chi connectivity index (χ4v) is 19.8. The van der Waals surface area contributed by atoms with E-state index in [1.807, 2.05) is 67.5 Å². The number of ketones is 1. The van der Waals surface area contributed by atoms with E-state index in [0.29, 0.717) is 91.2 Å². The van der Waals surface area contributed by atoms with Gasteiger partial charge in [0.1, 0.15) is 23.7 Å². The molecule has 2 bridgehead atoms. The fourth-order valence-electron chi connectivity index (χ4n) is 16.1. The van der Waals surface area contributed by atoms with E-state index < -0.39 is 200 Å². The quantitative estimate of drug-likeness (QED) is 0.0142. The Hall–Kier alpha value is -9.09. The predicted octanol–water partition coefficient (Wildman–Crippen LogP) is 21.4. The van der Waals surface area contributed by atoms with Gasteiger partial charge >= 0.3 is 66.1 Å². The van der Waals surface area contributed by atoms with Crippen LogP contribution in [-0.4, -0.2) is 207 Å². The highest BCUT2D eigenvalue weighted by Gasteiger charge is 2.68. The first-order valence-electron chi connectivity index (χ1n) is 51.3. The third kappa shape index (κ3) is 34.2. The zero-order valence-corrected chi connectivity index (χ0v) is 95.2. The lowest BCUT2D eigenvalue weighted by Crippen LogP contribution is -2.48. The Kier molecular flexibility index (Phi) is 44.6. The summed E-state index contributed by atoms with van der Waals surface area (Å²) < 4.78 is 157. The summed E-state index contributed by atoms with van der Waals surface area (Å²) in [5, 5.41) is 9.01. The van der Waals surface area contributed by atoms with Crippen LogP contribution in [0.2, 0.25) is 45.3 Å². The van der Waals surface area contributed by atoms with Crippen LogP contribution in [-0.2, 0) is 135 Å². The molecule has 2 saturated carbocycles. The van der Waals surface area contributed by atoms with Gasteiger partial charge < -0.3 is 76.2 Å². The standard InChI is InChI=1S/C25H34O9Si.C24H28O11.C16H27NO4S.C14H22.C12H26O2Si.C10H14O.C9H14F4O2/c1-8-24(2,3)23(28)32-18-16-17(30-21(18)27)19-22(31-16)34-25(4,33-19)15-11-9-14(10-12-15)20(26)29-13-35(5,6)7;1-5-24(3,4)23(28)30-11-14(25)31-17-15-16(32-20(17)27)18-22(33-15)35-21(34-18)13-9-7-8-12(10-13)19(26)29-6-2;1-6-14(2,3)13(19)17-22(20,21)10-16-8-7-11(9-12(16)18)15(16,4)5;1-6-11(2)12-7-9-13(10-8-12)14(3,4)5;1-7-12(2,3)11(13)14-9-8-10-15(4,5)6;1-3-8(2)9-4-6-10(11)7-5-9;1-4-8(2,3)7(14)15-5-9(12,13)6(10)11/h9-12,16-19,22H,8,13H2,1-7H3;7-10,15-18,21-22H,5-6,11H2,1-4H3;11H,6-10H2,1-5H3,(H,17,19);7-11H,6H2,1-5H3;7-10H2,1-6H3;4-8,11H,3H2,1-2H3;6H,4-5H2,1-3H3. The summed E-state index contributed by atoms with van der Waals surface area (Å²) >= 11 is 0. The normalized spacial score (nSPS) is 24.1. The molecule has 2 aliphatic carbocycles. The first kappa shape index (κ1) is 127. The van der Waals surface area contributed by atoms with Crippen LogP contribution in [0.1, 0.15) is 317 Å². The number of carbonyl (C=O) groups excluding carboxylic acids is 11. The van der Waals surface area contributed by atoms with Gasteiger partial charge in [-0.15, -0.1) is 0 Å². The van der Waals surface area contributed by atoms with E-state index in [2.05, 4.69) is 121 Å². The highest BCUT2D eigenvalue weighted by molar-refractivity contribution is 7.90. The van der Waals surface area contributed by atoms with E-state index in [1.165, 1.54) is 43.0 Å². The molecule has 30 nitrogen and oxygen atoms in total. The maximum absolute atomic E-state index is 12.5. The van der Waals surface area contributed by atoms with Crippen LogP contribution in [0.5, 0.6) is 5.75 Å². The van der Waals surface area contributed by atoms with E-state index in [4.69, 9.17) is 71.4 Å². The number of ether oxygens (including phenoxy) is 15. The number of hydrogen-bond acceptors (Lipinski definition) is 29. The van der Waals surface area contributed by atoms with Crippen LogP contribution in [0, 0.1) is 43.8 Å². The Balaban J connectivity index is 0.000000274. The monoisotopic (exact) mass is 2130 g/mol. The van der Waals surface area contributed by atoms with Gasteiger partial charge in [-0.2, -0.15) is 8.78 Å². The number of nitrogens with one attached hydrogen (secondary N) is 1. The van der Waals surface area contributed by atoms with Crippen molar-refractivity contribution in [1.29, 1.82) is 0 Å². The second kappa shape index (κ2) is 51.8. The highest BCUT2D eigenvalue weighted by Crippen LogP contribution is 2.64. The van der Waals surface area contributed by atoms with E-state index in [-0.39, 0.29) is 52.2 Å². The van der Waals surface area contributed by atoms with Crippen LogP contribution in [0.3, 0.4) is 0 Å². The lowest BCUT2D eigenvalue weighted by molar-refractivity contribution is -0.232. The average molecular weight is 2130 g/mol. The Morgan fingerprint density at radius 3 is 1.48 bits per heavy atom. The Labute approximate surface area is 869 Å². The largest absolute Gasteiger partial charge is 0.508 e. The molecule has 2 N–H and O–H groups in total. The van der Waals surface area contributed by atoms with Crippen LogP contribution >= 0.6 is 0 Å². The van der Waals surface area contributed by atoms with Crippen molar-refractivity contribution in [1.82, 2.24) is 4.72 Å². The molecule has 16 atom stereocenters. The summed E-state index contributed by atoms with van der Waals surface area (Å²) in [6.07, 6.45) is -5.00. The number of benzene rings is 4. The average Bonchev–Trinajstić information content (AvgIpc) is 1.55. The second-order valence-electron chi connectivity index (χ2n) is 46.4. The number of fused-ring (bicyclic) bond motifs is 8. The zero-order valence-electron chi connectivity index (χ0n) is 92.4. The summed E-state index contributed by atoms with van der Waals surface area (Å²) in [6.45, 7) is 61.5. The molecule has 4 aromatic carbocycles. The SMILES string of the molecule is CCC(C)(C)C(=O)NS(=O)(=O)CC12CCC(CC1=O)C2(C)C.CCC(C)(C)C(=O)OC1C(=O)OC2C3OC(C)(c4ccc(C(=O)OC[Si](C)(C)C)cc4)OC3OC12.CCC(C)(C)C(=O)OCC(F)(F)C(F)F.CCC(C)(C)C(=O)OCCC[Si](C)(C)C.CCC(C)c1ccc(C(C)(C)C)cc1.CCC(C)c1ccc(O)cc1.CCOC(=O)c1cccc(C2OC3OC4C(OC(=O)COC(=O)C(C)(C)CC)C(=O)OC4C3O2)c1. The van der Waals surface area contributed by atoms with Crippen LogP contribution in [0.4, 0.5) is 17.6 Å². The summed E-state index contributed by atoms with van der Waals surface area (Å²) in [6, 6.07) is 31.1. The molecule has 0 radical (unpaired) electrons. The topological polar surface area (TPSA) is 393 Å². The molecule has 37 heteroatoms. The maximum atomic E-state index is 12.5. The van der Waals surface area contributed by atoms with E-state index >= 15 is 0 Å².